The van der Waals surface area contributed by atoms with Gasteiger partial charge >= 0.3 is 0 Å². The summed E-state index contributed by atoms with van der Waals surface area (Å²) in [6.07, 6.45) is 0.702. The first-order valence-corrected chi connectivity index (χ1v) is 5.32. The maximum absolute atomic E-state index is 13.8. The van der Waals surface area contributed by atoms with E-state index in [9.17, 15) is 14.3 Å². The van der Waals surface area contributed by atoms with Crippen LogP contribution in [-0.2, 0) is 0 Å². The number of primary amides is 1. The summed E-state index contributed by atoms with van der Waals surface area (Å²) < 4.78 is 15.0. The van der Waals surface area contributed by atoms with Gasteiger partial charge < -0.3 is 10.8 Å². The number of aliphatic hydroxyl groups excluding tert-OH is 1. The Morgan fingerprint density at radius 3 is 2.72 bits per heavy atom. The highest BCUT2D eigenvalue weighted by Gasteiger charge is 2.11. The van der Waals surface area contributed by atoms with Gasteiger partial charge in [-0.2, -0.15) is 5.10 Å². The van der Waals surface area contributed by atoms with Crippen molar-refractivity contribution < 1.29 is 14.3 Å². The first kappa shape index (κ1) is 12.3. The zero-order valence-electron chi connectivity index (χ0n) is 9.67. The molecule has 0 radical (unpaired) electrons. The summed E-state index contributed by atoms with van der Waals surface area (Å²) in [4.78, 5) is 10.9. The van der Waals surface area contributed by atoms with E-state index in [-0.39, 0.29) is 11.4 Å². The number of nitrogens with two attached hydrogens (primary N) is 1. The fourth-order valence-corrected chi connectivity index (χ4v) is 1.56. The highest BCUT2D eigenvalue weighted by molar-refractivity contribution is 5.90. The molecule has 2 aromatic rings. The van der Waals surface area contributed by atoms with Crippen molar-refractivity contribution in [2.24, 2.45) is 5.73 Å². The van der Waals surface area contributed by atoms with Crippen LogP contribution in [0.1, 0.15) is 29.1 Å². The molecule has 3 N–H and O–H groups in total. The van der Waals surface area contributed by atoms with Crippen LogP contribution in [0.25, 0.3) is 5.69 Å². The largest absolute Gasteiger partial charge is 0.389 e. The summed E-state index contributed by atoms with van der Waals surface area (Å²) >= 11 is 0. The normalized spacial score (nSPS) is 12.4. The van der Waals surface area contributed by atoms with Crippen LogP contribution in [0.3, 0.4) is 0 Å². The maximum atomic E-state index is 13.8. The van der Waals surface area contributed by atoms with E-state index in [1.54, 1.807) is 13.0 Å². The Balaban J connectivity index is 2.41. The van der Waals surface area contributed by atoms with Gasteiger partial charge in [0.15, 0.2) is 0 Å². The van der Waals surface area contributed by atoms with E-state index in [1.165, 1.54) is 29.1 Å². The second-order valence-corrected chi connectivity index (χ2v) is 3.90. The second-order valence-electron chi connectivity index (χ2n) is 3.90. The Kier molecular flexibility index (Phi) is 3.12. The minimum Gasteiger partial charge on any atom is -0.389 e. The van der Waals surface area contributed by atoms with Crippen LogP contribution in [0, 0.1) is 5.82 Å². The highest BCUT2D eigenvalue weighted by atomic mass is 19.1. The van der Waals surface area contributed by atoms with Crippen molar-refractivity contribution in [3.63, 3.8) is 0 Å². The summed E-state index contributed by atoms with van der Waals surface area (Å²) in [5, 5.41) is 13.2. The molecule has 6 heteroatoms. The maximum Gasteiger partial charge on any atom is 0.269 e. The van der Waals surface area contributed by atoms with Crippen molar-refractivity contribution >= 4 is 5.91 Å². The zero-order chi connectivity index (χ0) is 13.3. The number of hydrogen-bond donors (Lipinski definition) is 2. The average molecular weight is 249 g/mol. The Labute approximate surface area is 103 Å². The van der Waals surface area contributed by atoms with Crippen LogP contribution in [0.5, 0.6) is 0 Å². The topological polar surface area (TPSA) is 81.1 Å². The van der Waals surface area contributed by atoms with Gasteiger partial charge in [0.25, 0.3) is 5.91 Å². The van der Waals surface area contributed by atoms with Crippen molar-refractivity contribution in [2.45, 2.75) is 13.0 Å². The molecule has 0 aliphatic heterocycles. The monoisotopic (exact) mass is 249 g/mol. The zero-order valence-corrected chi connectivity index (χ0v) is 9.67. The third-order valence-corrected chi connectivity index (χ3v) is 2.54. The average Bonchev–Trinajstić information content (AvgIpc) is 2.78. The summed E-state index contributed by atoms with van der Waals surface area (Å²) in [6, 6.07) is 5.71. The number of carbonyl (C=O) groups excluding carboxylic acids is 1. The molecule has 1 aromatic heterocycles. The Morgan fingerprint density at radius 2 is 2.22 bits per heavy atom. The number of aromatic nitrogens is 2. The number of carbonyl (C=O) groups is 1. The van der Waals surface area contributed by atoms with E-state index in [0.29, 0.717) is 5.56 Å². The molecular weight excluding hydrogens is 237 g/mol. The fraction of sp³-hybridized carbons (Fsp3) is 0.167. The molecule has 1 unspecified atom stereocenters. The molecule has 0 spiro atoms. The Hall–Kier alpha value is -2.21. The second kappa shape index (κ2) is 4.58. The number of amides is 1. The molecule has 1 heterocycles. The number of rotatable bonds is 3. The molecule has 5 nitrogen and oxygen atoms in total. The minimum atomic E-state index is -0.743. The van der Waals surface area contributed by atoms with Crippen molar-refractivity contribution in [1.29, 1.82) is 0 Å². The summed E-state index contributed by atoms with van der Waals surface area (Å²) in [6.45, 7) is 1.55. The third kappa shape index (κ3) is 2.23. The van der Waals surface area contributed by atoms with Gasteiger partial charge in [0.1, 0.15) is 17.2 Å². The van der Waals surface area contributed by atoms with Crippen molar-refractivity contribution in [3.8, 4) is 5.69 Å². The molecule has 2 rings (SSSR count). The van der Waals surface area contributed by atoms with Gasteiger partial charge in [-0.1, -0.05) is 6.07 Å². The molecule has 0 fully saturated rings. The third-order valence-electron chi connectivity index (χ3n) is 2.54. The lowest BCUT2D eigenvalue weighted by Gasteiger charge is -2.08. The highest BCUT2D eigenvalue weighted by Crippen LogP contribution is 2.19. The summed E-state index contributed by atoms with van der Waals surface area (Å²) in [5.41, 5.74) is 5.79. The van der Waals surface area contributed by atoms with E-state index >= 15 is 0 Å². The fourth-order valence-electron chi connectivity index (χ4n) is 1.56. The van der Waals surface area contributed by atoms with E-state index in [2.05, 4.69) is 5.10 Å². The summed E-state index contributed by atoms with van der Waals surface area (Å²) in [7, 11) is 0. The van der Waals surface area contributed by atoms with Crippen molar-refractivity contribution in [3.05, 3.63) is 47.5 Å². The lowest BCUT2D eigenvalue weighted by atomic mass is 10.1. The predicted octanol–water partition coefficient (Wildman–Crippen LogP) is 1.16. The van der Waals surface area contributed by atoms with Crippen LogP contribution in [0.15, 0.2) is 30.5 Å². The van der Waals surface area contributed by atoms with Gasteiger partial charge in [-0.15, -0.1) is 0 Å². The quantitative estimate of drug-likeness (QED) is 0.856. The van der Waals surface area contributed by atoms with Gasteiger partial charge in [0.05, 0.1) is 6.10 Å². The number of nitrogens with zero attached hydrogens (tertiary/aromatic N) is 2. The molecule has 0 saturated carbocycles. The lowest BCUT2D eigenvalue weighted by molar-refractivity contribution is 0.0995. The number of hydrogen-bond acceptors (Lipinski definition) is 3. The molecular formula is C12H12FN3O2. The van der Waals surface area contributed by atoms with Gasteiger partial charge in [-0.3, -0.25) is 4.79 Å². The molecule has 0 aliphatic carbocycles. The van der Waals surface area contributed by atoms with Gasteiger partial charge in [0.2, 0.25) is 0 Å². The molecule has 0 bridgehead atoms. The molecule has 94 valence electrons. The molecule has 18 heavy (non-hydrogen) atoms. The molecule has 1 amide bonds. The van der Waals surface area contributed by atoms with Gasteiger partial charge in [0, 0.05) is 6.20 Å². The van der Waals surface area contributed by atoms with Crippen LogP contribution in [-0.4, -0.2) is 20.8 Å². The number of benzene rings is 1. The van der Waals surface area contributed by atoms with Crippen molar-refractivity contribution in [2.75, 3.05) is 0 Å². The predicted molar refractivity (Wildman–Crippen MR) is 62.7 cm³/mol. The Bertz CT molecular complexity index is 593. The van der Waals surface area contributed by atoms with Gasteiger partial charge in [-0.25, -0.2) is 9.07 Å². The standard InChI is InChI=1S/C12H12FN3O2/c1-7(17)8-2-3-11(9(13)6-8)16-5-4-10(15-16)12(14)18/h2-7,17H,1H3,(H2,14,18). The van der Waals surface area contributed by atoms with E-state index in [0.717, 1.165) is 0 Å². The van der Waals surface area contributed by atoms with Crippen molar-refractivity contribution in [1.82, 2.24) is 9.78 Å². The molecule has 0 aliphatic rings. The van der Waals surface area contributed by atoms with Crippen LogP contribution >= 0.6 is 0 Å². The van der Waals surface area contributed by atoms with Gasteiger partial charge in [-0.05, 0) is 30.7 Å². The van der Waals surface area contributed by atoms with Crippen LogP contribution in [0.2, 0.25) is 0 Å². The van der Waals surface area contributed by atoms with Crippen LogP contribution < -0.4 is 5.73 Å². The van der Waals surface area contributed by atoms with E-state index < -0.39 is 17.8 Å². The molecule has 1 aromatic carbocycles. The van der Waals surface area contributed by atoms with E-state index in [4.69, 9.17) is 5.73 Å². The summed E-state index contributed by atoms with van der Waals surface area (Å²) in [5.74, 6) is -1.21. The number of aliphatic hydroxyl groups is 1. The smallest absolute Gasteiger partial charge is 0.269 e. The van der Waals surface area contributed by atoms with E-state index in [1.807, 2.05) is 0 Å². The molecule has 1 atom stereocenters. The van der Waals surface area contributed by atoms with Crippen LogP contribution in [0.4, 0.5) is 4.39 Å². The first-order valence-electron chi connectivity index (χ1n) is 5.32. The Morgan fingerprint density at radius 1 is 1.50 bits per heavy atom. The first-order chi connectivity index (χ1) is 8.49. The number of halogens is 1. The minimum absolute atomic E-state index is 0.0639. The molecule has 0 saturated heterocycles. The lowest BCUT2D eigenvalue weighted by Crippen LogP contribution is -2.12. The SMILES string of the molecule is CC(O)c1ccc(-n2ccc(C(N)=O)n2)c(F)c1.